The van der Waals surface area contributed by atoms with E-state index in [0.717, 1.165) is 5.56 Å². The number of rotatable bonds is 7. The molecule has 0 aromatic heterocycles. The summed E-state index contributed by atoms with van der Waals surface area (Å²) in [6, 6.07) is 7.28. The summed E-state index contributed by atoms with van der Waals surface area (Å²) in [5.74, 6) is 0. The molecule has 0 aliphatic heterocycles. The summed E-state index contributed by atoms with van der Waals surface area (Å²) < 4.78 is 39.9. The molecule has 1 aromatic rings. The summed E-state index contributed by atoms with van der Waals surface area (Å²) in [6.45, 7) is -1.13. The molecular formula is C13H17ClF3NO. The summed E-state index contributed by atoms with van der Waals surface area (Å²) in [5.41, 5.74) is 6.93. The van der Waals surface area contributed by atoms with Crippen molar-refractivity contribution in [1.82, 2.24) is 0 Å². The van der Waals surface area contributed by atoms with Crippen LogP contribution in [0.3, 0.4) is 0 Å². The summed E-state index contributed by atoms with van der Waals surface area (Å²) in [4.78, 5) is 0. The summed E-state index contributed by atoms with van der Waals surface area (Å²) in [6.07, 6.45) is -2.48. The highest BCUT2D eigenvalue weighted by atomic mass is 35.5. The molecule has 0 bridgehead atoms. The molecule has 0 fully saturated rings. The Morgan fingerprint density at radius 3 is 2.68 bits per heavy atom. The van der Waals surface area contributed by atoms with Crippen molar-refractivity contribution in [3.8, 4) is 0 Å². The van der Waals surface area contributed by atoms with Crippen molar-refractivity contribution in [2.75, 3.05) is 13.2 Å². The first-order chi connectivity index (χ1) is 8.87. The molecule has 1 rings (SSSR count). The molecule has 1 aromatic carbocycles. The van der Waals surface area contributed by atoms with Gasteiger partial charge in [-0.3, -0.25) is 0 Å². The minimum atomic E-state index is -4.26. The van der Waals surface area contributed by atoms with Gasteiger partial charge in [-0.25, -0.2) is 0 Å². The van der Waals surface area contributed by atoms with Gasteiger partial charge in [0.2, 0.25) is 0 Å². The molecule has 0 saturated heterocycles. The van der Waals surface area contributed by atoms with Crippen molar-refractivity contribution in [2.45, 2.75) is 31.5 Å². The predicted octanol–water partition coefficient (Wildman–Crippen LogP) is 3.57. The van der Waals surface area contributed by atoms with Gasteiger partial charge in [-0.1, -0.05) is 23.7 Å². The van der Waals surface area contributed by atoms with Gasteiger partial charge < -0.3 is 10.5 Å². The standard InChI is InChI=1S/C13H17ClF3NO/c14-11-4-1-3-10(7-11)8-12(18)5-2-6-19-9-13(15,16)17/h1,3-4,7,12H,2,5-6,8-9,18H2. The van der Waals surface area contributed by atoms with Crippen LogP contribution >= 0.6 is 11.6 Å². The number of halogens is 4. The minimum Gasteiger partial charge on any atom is -0.372 e. The Morgan fingerprint density at radius 1 is 1.32 bits per heavy atom. The maximum atomic E-state index is 11.8. The van der Waals surface area contributed by atoms with Gasteiger partial charge in [0.05, 0.1) is 0 Å². The van der Waals surface area contributed by atoms with E-state index in [1.165, 1.54) is 0 Å². The van der Waals surface area contributed by atoms with Crippen molar-refractivity contribution >= 4 is 11.6 Å². The first kappa shape index (κ1) is 16.3. The van der Waals surface area contributed by atoms with Crippen LogP contribution in [0.5, 0.6) is 0 Å². The molecule has 0 aliphatic rings. The Morgan fingerprint density at radius 2 is 2.05 bits per heavy atom. The molecular weight excluding hydrogens is 279 g/mol. The molecule has 0 amide bonds. The quantitative estimate of drug-likeness (QED) is 0.781. The maximum Gasteiger partial charge on any atom is 0.411 e. The van der Waals surface area contributed by atoms with Crippen LogP contribution in [-0.2, 0) is 11.2 Å². The average Bonchev–Trinajstić information content (AvgIpc) is 2.26. The third kappa shape index (κ3) is 8.08. The van der Waals surface area contributed by atoms with E-state index in [-0.39, 0.29) is 12.6 Å². The van der Waals surface area contributed by atoms with E-state index < -0.39 is 12.8 Å². The zero-order valence-corrected chi connectivity index (χ0v) is 11.2. The highest BCUT2D eigenvalue weighted by Gasteiger charge is 2.27. The normalized spacial score (nSPS) is 13.5. The second-order valence-electron chi connectivity index (χ2n) is 4.40. The van der Waals surface area contributed by atoms with Gasteiger partial charge in [-0.15, -0.1) is 0 Å². The lowest BCUT2D eigenvalue weighted by molar-refractivity contribution is -0.174. The third-order valence-electron chi connectivity index (χ3n) is 2.52. The van der Waals surface area contributed by atoms with Crippen LogP contribution in [0.15, 0.2) is 24.3 Å². The smallest absolute Gasteiger partial charge is 0.372 e. The molecule has 0 aliphatic carbocycles. The Kier molecular flexibility index (Phi) is 6.62. The number of hydrogen-bond acceptors (Lipinski definition) is 2. The highest BCUT2D eigenvalue weighted by Crippen LogP contribution is 2.15. The van der Waals surface area contributed by atoms with E-state index in [9.17, 15) is 13.2 Å². The molecule has 0 spiro atoms. The largest absolute Gasteiger partial charge is 0.411 e. The third-order valence-corrected chi connectivity index (χ3v) is 2.75. The van der Waals surface area contributed by atoms with Gasteiger partial charge in [-0.2, -0.15) is 13.2 Å². The Labute approximate surface area is 115 Å². The lowest BCUT2D eigenvalue weighted by atomic mass is 10.0. The zero-order valence-electron chi connectivity index (χ0n) is 10.4. The molecule has 0 heterocycles. The van der Waals surface area contributed by atoms with Crippen LogP contribution in [0.4, 0.5) is 13.2 Å². The Balaban J connectivity index is 2.16. The van der Waals surface area contributed by atoms with Gasteiger partial charge in [-0.05, 0) is 37.0 Å². The number of alkyl halides is 3. The summed E-state index contributed by atoms with van der Waals surface area (Å²) >= 11 is 5.85. The SMILES string of the molecule is NC(CCCOCC(F)(F)F)Cc1cccc(Cl)c1. The molecule has 2 nitrogen and oxygen atoms in total. The second-order valence-corrected chi connectivity index (χ2v) is 4.84. The molecule has 108 valence electrons. The number of ether oxygens (including phenoxy) is 1. The van der Waals surface area contributed by atoms with Crippen LogP contribution in [0.1, 0.15) is 18.4 Å². The van der Waals surface area contributed by atoms with Gasteiger partial charge in [0.1, 0.15) is 6.61 Å². The lowest BCUT2D eigenvalue weighted by Crippen LogP contribution is -2.24. The fourth-order valence-corrected chi connectivity index (χ4v) is 1.92. The van der Waals surface area contributed by atoms with E-state index in [0.29, 0.717) is 24.3 Å². The van der Waals surface area contributed by atoms with Crippen molar-refractivity contribution in [3.05, 3.63) is 34.9 Å². The van der Waals surface area contributed by atoms with Gasteiger partial charge in [0, 0.05) is 17.7 Å². The lowest BCUT2D eigenvalue weighted by Gasteiger charge is -2.12. The van der Waals surface area contributed by atoms with Gasteiger partial charge in [0.15, 0.2) is 0 Å². The minimum absolute atomic E-state index is 0.0722. The Bertz CT molecular complexity index is 384. The van der Waals surface area contributed by atoms with Gasteiger partial charge in [0.25, 0.3) is 0 Å². The first-order valence-electron chi connectivity index (χ1n) is 6.01. The van der Waals surface area contributed by atoms with E-state index >= 15 is 0 Å². The predicted molar refractivity (Wildman–Crippen MR) is 69.2 cm³/mol. The number of hydrogen-bond donors (Lipinski definition) is 1. The van der Waals surface area contributed by atoms with E-state index in [2.05, 4.69) is 4.74 Å². The first-order valence-corrected chi connectivity index (χ1v) is 6.39. The van der Waals surface area contributed by atoms with Crippen molar-refractivity contribution in [1.29, 1.82) is 0 Å². The van der Waals surface area contributed by atoms with Crippen LogP contribution < -0.4 is 5.73 Å². The molecule has 0 saturated carbocycles. The molecule has 2 N–H and O–H groups in total. The van der Waals surface area contributed by atoms with Gasteiger partial charge >= 0.3 is 6.18 Å². The fraction of sp³-hybridized carbons (Fsp3) is 0.538. The number of benzene rings is 1. The van der Waals surface area contributed by atoms with Crippen LogP contribution in [0, 0.1) is 0 Å². The Hall–Kier alpha value is -0.780. The average molecular weight is 296 g/mol. The monoisotopic (exact) mass is 295 g/mol. The van der Waals surface area contributed by atoms with E-state index in [1.54, 1.807) is 6.07 Å². The highest BCUT2D eigenvalue weighted by molar-refractivity contribution is 6.30. The molecule has 19 heavy (non-hydrogen) atoms. The summed E-state index contributed by atoms with van der Waals surface area (Å²) in [5, 5.41) is 0.651. The molecule has 6 heteroatoms. The van der Waals surface area contributed by atoms with Crippen LogP contribution in [0.25, 0.3) is 0 Å². The van der Waals surface area contributed by atoms with Crippen LogP contribution in [-0.4, -0.2) is 25.4 Å². The molecule has 1 unspecified atom stereocenters. The summed E-state index contributed by atoms with van der Waals surface area (Å²) in [7, 11) is 0. The van der Waals surface area contributed by atoms with Crippen LogP contribution in [0.2, 0.25) is 5.02 Å². The molecule has 1 atom stereocenters. The second kappa shape index (κ2) is 7.72. The maximum absolute atomic E-state index is 11.8. The van der Waals surface area contributed by atoms with Crippen molar-refractivity contribution in [3.63, 3.8) is 0 Å². The van der Waals surface area contributed by atoms with E-state index in [4.69, 9.17) is 17.3 Å². The zero-order chi connectivity index (χ0) is 14.3. The van der Waals surface area contributed by atoms with E-state index in [1.807, 2.05) is 18.2 Å². The van der Waals surface area contributed by atoms with Crippen molar-refractivity contribution < 1.29 is 17.9 Å². The fourth-order valence-electron chi connectivity index (χ4n) is 1.70. The van der Waals surface area contributed by atoms with Crippen molar-refractivity contribution in [2.24, 2.45) is 5.73 Å². The molecule has 0 radical (unpaired) electrons. The topological polar surface area (TPSA) is 35.2 Å². The number of nitrogens with two attached hydrogens (primary N) is 1.